The molecule has 104 valence electrons. The molecule has 0 unspecified atom stereocenters. The standard InChI is InChI=1S/C14H11F3N2O/c15-14(16,17)11-5-3-4-10(8-11)9-19-13(20)12-6-1-2-7-18-12/h1-8H,9H2,(H,19,20). The van der Waals surface area contributed by atoms with Crippen molar-refractivity contribution in [1.29, 1.82) is 0 Å². The Hall–Kier alpha value is -2.37. The van der Waals surface area contributed by atoms with Crippen molar-refractivity contribution in [2.75, 3.05) is 0 Å². The van der Waals surface area contributed by atoms with Gasteiger partial charge in [-0.25, -0.2) is 0 Å². The van der Waals surface area contributed by atoms with E-state index in [1.807, 2.05) is 0 Å². The summed E-state index contributed by atoms with van der Waals surface area (Å²) in [5.74, 6) is -0.428. The third kappa shape index (κ3) is 3.57. The number of nitrogens with one attached hydrogen (secondary N) is 1. The summed E-state index contributed by atoms with van der Waals surface area (Å²) in [6, 6.07) is 9.69. The molecule has 20 heavy (non-hydrogen) atoms. The fourth-order valence-corrected chi connectivity index (χ4v) is 1.63. The first-order chi connectivity index (χ1) is 9.47. The molecule has 0 saturated carbocycles. The number of hydrogen-bond acceptors (Lipinski definition) is 2. The van der Waals surface area contributed by atoms with Gasteiger partial charge >= 0.3 is 6.18 Å². The van der Waals surface area contributed by atoms with Crippen molar-refractivity contribution in [1.82, 2.24) is 10.3 Å². The van der Waals surface area contributed by atoms with Crippen molar-refractivity contribution in [2.24, 2.45) is 0 Å². The molecule has 0 fully saturated rings. The topological polar surface area (TPSA) is 42.0 Å². The van der Waals surface area contributed by atoms with Crippen molar-refractivity contribution in [2.45, 2.75) is 12.7 Å². The number of halogens is 3. The number of nitrogens with zero attached hydrogens (tertiary/aromatic N) is 1. The van der Waals surface area contributed by atoms with Crippen molar-refractivity contribution < 1.29 is 18.0 Å². The summed E-state index contributed by atoms with van der Waals surface area (Å²) in [6.45, 7) is 0.0132. The summed E-state index contributed by atoms with van der Waals surface area (Å²) in [5, 5.41) is 2.53. The van der Waals surface area contributed by atoms with Gasteiger partial charge in [0.25, 0.3) is 5.91 Å². The van der Waals surface area contributed by atoms with Gasteiger partial charge in [0.15, 0.2) is 0 Å². The maximum absolute atomic E-state index is 12.5. The Balaban J connectivity index is 2.03. The molecule has 6 heteroatoms. The lowest BCUT2D eigenvalue weighted by Gasteiger charge is -2.09. The average molecular weight is 280 g/mol. The summed E-state index contributed by atoms with van der Waals surface area (Å²) >= 11 is 0. The molecule has 0 bridgehead atoms. The van der Waals surface area contributed by atoms with Gasteiger partial charge in [0.1, 0.15) is 5.69 Å². The van der Waals surface area contributed by atoms with Crippen molar-refractivity contribution in [3.63, 3.8) is 0 Å². The van der Waals surface area contributed by atoms with E-state index in [1.54, 1.807) is 12.1 Å². The van der Waals surface area contributed by atoms with Crippen LogP contribution in [0.5, 0.6) is 0 Å². The molecule has 1 N–H and O–H groups in total. The normalized spacial score (nSPS) is 11.2. The summed E-state index contributed by atoms with van der Waals surface area (Å²) in [7, 11) is 0. The van der Waals surface area contributed by atoms with Gasteiger partial charge in [-0.3, -0.25) is 9.78 Å². The minimum Gasteiger partial charge on any atom is -0.347 e. The van der Waals surface area contributed by atoms with E-state index in [1.165, 1.54) is 24.4 Å². The average Bonchev–Trinajstić information content (AvgIpc) is 2.45. The van der Waals surface area contributed by atoms with E-state index in [4.69, 9.17) is 0 Å². The van der Waals surface area contributed by atoms with Crippen LogP contribution < -0.4 is 5.32 Å². The Labute approximate surface area is 113 Å². The third-order valence-corrected chi connectivity index (χ3v) is 2.60. The largest absolute Gasteiger partial charge is 0.416 e. The van der Waals surface area contributed by atoms with E-state index in [0.29, 0.717) is 5.56 Å². The van der Waals surface area contributed by atoms with E-state index in [9.17, 15) is 18.0 Å². The molecule has 2 rings (SSSR count). The molecular formula is C14H11F3N2O. The van der Waals surface area contributed by atoms with E-state index >= 15 is 0 Å². The second kappa shape index (κ2) is 5.73. The lowest BCUT2D eigenvalue weighted by atomic mass is 10.1. The molecule has 0 aliphatic heterocycles. The predicted molar refractivity (Wildman–Crippen MR) is 66.9 cm³/mol. The summed E-state index contributed by atoms with van der Waals surface area (Å²) in [4.78, 5) is 15.6. The highest BCUT2D eigenvalue weighted by Gasteiger charge is 2.30. The minimum absolute atomic E-state index is 0.0132. The van der Waals surface area contributed by atoms with Crippen LogP contribution in [0.3, 0.4) is 0 Å². The number of carbonyl (C=O) groups excluding carboxylic acids is 1. The van der Waals surface area contributed by atoms with Gasteiger partial charge in [0.2, 0.25) is 0 Å². The number of benzene rings is 1. The number of alkyl halides is 3. The smallest absolute Gasteiger partial charge is 0.347 e. The quantitative estimate of drug-likeness (QED) is 0.939. The highest BCUT2D eigenvalue weighted by atomic mass is 19.4. The number of rotatable bonds is 3. The van der Waals surface area contributed by atoms with Gasteiger partial charge in [-0.1, -0.05) is 18.2 Å². The molecule has 0 spiro atoms. The minimum atomic E-state index is -4.39. The SMILES string of the molecule is O=C(NCc1cccc(C(F)(F)F)c1)c1ccccn1. The van der Waals surface area contributed by atoms with Crippen molar-refractivity contribution >= 4 is 5.91 Å². The lowest BCUT2D eigenvalue weighted by molar-refractivity contribution is -0.137. The van der Waals surface area contributed by atoms with Gasteiger partial charge < -0.3 is 5.32 Å². The zero-order valence-electron chi connectivity index (χ0n) is 10.3. The van der Waals surface area contributed by atoms with Crippen molar-refractivity contribution in [3.05, 3.63) is 65.5 Å². The Morgan fingerprint density at radius 2 is 1.95 bits per heavy atom. The summed E-state index contributed by atoms with van der Waals surface area (Å²) in [6.07, 6.45) is -2.92. The van der Waals surface area contributed by atoms with Gasteiger partial charge in [0, 0.05) is 12.7 Å². The van der Waals surface area contributed by atoms with Crippen LogP contribution in [0, 0.1) is 0 Å². The monoisotopic (exact) mass is 280 g/mol. The second-order valence-electron chi connectivity index (χ2n) is 4.10. The predicted octanol–water partition coefficient (Wildman–Crippen LogP) is 3.03. The molecule has 1 amide bonds. The van der Waals surface area contributed by atoms with Crippen LogP contribution in [0.1, 0.15) is 21.6 Å². The lowest BCUT2D eigenvalue weighted by Crippen LogP contribution is -2.23. The first-order valence-electron chi connectivity index (χ1n) is 5.82. The van der Waals surface area contributed by atoms with Gasteiger partial charge in [-0.2, -0.15) is 13.2 Å². The highest BCUT2D eigenvalue weighted by Crippen LogP contribution is 2.29. The Bertz CT molecular complexity index is 597. The maximum atomic E-state index is 12.5. The molecule has 0 aliphatic rings. The molecule has 1 aromatic carbocycles. The number of aromatic nitrogens is 1. The van der Waals surface area contributed by atoms with Crippen LogP contribution in [0.15, 0.2) is 48.7 Å². The first kappa shape index (κ1) is 14.0. The first-order valence-corrected chi connectivity index (χ1v) is 5.82. The molecule has 0 radical (unpaired) electrons. The van der Waals surface area contributed by atoms with Crippen LogP contribution in [-0.4, -0.2) is 10.9 Å². The Morgan fingerprint density at radius 3 is 2.60 bits per heavy atom. The molecule has 0 aliphatic carbocycles. The summed E-state index contributed by atoms with van der Waals surface area (Å²) in [5.41, 5.74) is -0.134. The van der Waals surface area contributed by atoms with Gasteiger partial charge in [-0.05, 0) is 29.8 Å². The molecule has 1 heterocycles. The fraction of sp³-hybridized carbons (Fsp3) is 0.143. The van der Waals surface area contributed by atoms with Crippen LogP contribution in [0.4, 0.5) is 13.2 Å². The number of carbonyl (C=O) groups is 1. The van der Waals surface area contributed by atoms with Crippen LogP contribution >= 0.6 is 0 Å². The third-order valence-electron chi connectivity index (χ3n) is 2.60. The van der Waals surface area contributed by atoms with Gasteiger partial charge in [-0.15, -0.1) is 0 Å². The Morgan fingerprint density at radius 1 is 1.15 bits per heavy atom. The van der Waals surface area contributed by atoms with E-state index < -0.39 is 17.6 Å². The molecule has 2 aromatic rings. The zero-order valence-corrected chi connectivity index (χ0v) is 10.3. The van der Waals surface area contributed by atoms with Crippen LogP contribution in [0.2, 0.25) is 0 Å². The molecule has 3 nitrogen and oxygen atoms in total. The van der Waals surface area contributed by atoms with Crippen molar-refractivity contribution in [3.8, 4) is 0 Å². The van der Waals surface area contributed by atoms with Crippen LogP contribution in [0.25, 0.3) is 0 Å². The Kier molecular flexibility index (Phi) is 4.02. The zero-order chi connectivity index (χ0) is 14.6. The fourth-order valence-electron chi connectivity index (χ4n) is 1.63. The highest BCUT2D eigenvalue weighted by molar-refractivity contribution is 5.92. The van der Waals surface area contributed by atoms with Gasteiger partial charge in [0.05, 0.1) is 5.56 Å². The summed E-state index contributed by atoms with van der Waals surface area (Å²) < 4.78 is 37.6. The van der Waals surface area contributed by atoms with E-state index in [-0.39, 0.29) is 12.2 Å². The van der Waals surface area contributed by atoms with Crippen LogP contribution in [-0.2, 0) is 12.7 Å². The molecule has 0 atom stereocenters. The number of hydrogen-bond donors (Lipinski definition) is 1. The van der Waals surface area contributed by atoms with E-state index in [2.05, 4.69) is 10.3 Å². The van der Waals surface area contributed by atoms with E-state index in [0.717, 1.165) is 12.1 Å². The molecular weight excluding hydrogens is 269 g/mol. The second-order valence-corrected chi connectivity index (χ2v) is 4.10. The molecule has 0 saturated heterocycles. The number of pyridine rings is 1. The number of amides is 1. The molecule has 1 aromatic heterocycles. The maximum Gasteiger partial charge on any atom is 0.416 e.